The van der Waals surface area contributed by atoms with Gasteiger partial charge in [0.15, 0.2) is 0 Å². The number of carbonyl (C=O) groups excluding carboxylic acids is 1. The molecular formula is C17H18Cl2N2O. The molecule has 0 aliphatic carbocycles. The average Bonchev–Trinajstić information content (AvgIpc) is 2.52. The molecule has 0 aromatic heterocycles. The van der Waals surface area contributed by atoms with Crippen molar-refractivity contribution in [2.24, 2.45) is 0 Å². The normalized spacial score (nSPS) is 12.0. The third kappa shape index (κ3) is 5.34. The van der Waals surface area contributed by atoms with Crippen LogP contribution in [0.2, 0.25) is 10.0 Å². The van der Waals surface area contributed by atoms with Crippen molar-refractivity contribution >= 4 is 29.1 Å². The van der Waals surface area contributed by atoms with Crippen LogP contribution in [-0.4, -0.2) is 12.5 Å². The van der Waals surface area contributed by atoms with Crippen molar-refractivity contribution in [3.8, 4) is 0 Å². The van der Waals surface area contributed by atoms with Crippen LogP contribution in [0.4, 0.5) is 0 Å². The summed E-state index contributed by atoms with van der Waals surface area (Å²) in [6.45, 7) is 2.76. The first-order chi connectivity index (χ1) is 10.5. The molecule has 1 atom stereocenters. The van der Waals surface area contributed by atoms with Gasteiger partial charge in [0.1, 0.15) is 0 Å². The van der Waals surface area contributed by atoms with E-state index < -0.39 is 0 Å². The van der Waals surface area contributed by atoms with Crippen LogP contribution in [-0.2, 0) is 11.3 Å². The van der Waals surface area contributed by atoms with Crippen molar-refractivity contribution in [3.63, 3.8) is 0 Å². The molecule has 22 heavy (non-hydrogen) atoms. The van der Waals surface area contributed by atoms with Gasteiger partial charge in [-0.3, -0.25) is 4.79 Å². The average molecular weight is 337 g/mol. The second kappa shape index (κ2) is 8.18. The van der Waals surface area contributed by atoms with Gasteiger partial charge in [0.05, 0.1) is 6.54 Å². The van der Waals surface area contributed by atoms with Gasteiger partial charge in [0.2, 0.25) is 5.91 Å². The molecule has 0 spiro atoms. The zero-order chi connectivity index (χ0) is 15.9. The SMILES string of the molecule is C[C@H](NCC(=O)NCc1ccc(Cl)cc1)c1ccc(Cl)cc1. The van der Waals surface area contributed by atoms with E-state index in [-0.39, 0.29) is 18.5 Å². The molecule has 2 N–H and O–H groups in total. The molecule has 0 fully saturated rings. The zero-order valence-electron chi connectivity index (χ0n) is 12.3. The fourth-order valence-electron chi connectivity index (χ4n) is 1.98. The van der Waals surface area contributed by atoms with Crippen LogP contribution < -0.4 is 10.6 Å². The monoisotopic (exact) mass is 336 g/mol. The standard InChI is InChI=1S/C17H18Cl2N2O/c1-12(14-4-8-16(19)9-5-14)20-11-17(22)21-10-13-2-6-15(18)7-3-13/h2-9,12,20H,10-11H2,1H3,(H,21,22)/t12-/m0/s1. The highest BCUT2D eigenvalue weighted by Gasteiger charge is 2.07. The Morgan fingerprint density at radius 2 is 1.55 bits per heavy atom. The van der Waals surface area contributed by atoms with E-state index in [1.54, 1.807) is 0 Å². The molecule has 3 nitrogen and oxygen atoms in total. The number of carbonyl (C=O) groups is 1. The smallest absolute Gasteiger partial charge is 0.234 e. The van der Waals surface area contributed by atoms with Crippen LogP contribution in [0.3, 0.4) is 0 Å². The first-order valence-electron chi connectivity index (χ1n) is 7.04. The zero-order valence-corrected chi connectivity index (χ0v) is 13.8. The third-order valence-electron chi connectivity index (χ3n) is 3.34. The number of hydrogen-bond acceptors (Lipinski definition) is 2. The molecule has 0 unspecified atom stereocenters. The molecular weight excluding hydrogens is 319 g/mol. The Morgan fingerprint density at radius 1 is 1.00 bits per heavy atom. The molecule has 116 valence electrons. The van der Waals surface area contributed by atoms with Crippen LogP contribution in [0.25, 0.3) is 0 Å². The second-order valence-electron chi connectivity index (χ2n) is 5.06. The summed E-state index contributed by atoms with van der Waals surface area (Å²) in [5, 5.41) is 7.45. The van der Waals surface area contributed by atoms with Gasteiger partial charge in [0.25, 0.3) is 0 Å². The van der Waals surface area contributed by atoms with Gasteiger partial charge >= 0.3 is 0 Å². The summed E-state index contributed by atoms with van der Waals surface area (Å²) in [5.74, 6) is -0.0456. The van der Waals surface area contributed by atoms with Gasteiger partial charge < -0.3 is 10.6 Å². The van der Waals surface area contributed by atoms with Gasteiger partial charge in [0, 0.05) is 22.6 Å². The lowest BCUT2D eigenvalue weighted by Crippen LogP contribution is -2.34. The van der Waals surface area contributed by atoms with E-state index in [0.717, 1.165) is 11.1 Å². The van der Waals surface area contributed by atoms with Crippen molar-refractivity contribution in [1.82, 2.24) is 10.6 Å². The minimum Gasteiger partial charge on any atom is -0.351 e. The van der Waals surface area contributed by atoms with Crippen LogP contribution in [0, 0.1) is 0 Å². The highest BCUT2D eigenvalue weighted by molar-refractivity contribution is 6.30. The molecule has 0 radical (unpaired) electrons. The predicted molar refractivity (Wildman–Crippen MR) is 91.2 cm³/mol. The summed E-state index contributed by atoms with van der Waals surface area (Å²) in [6.07, 6.45) is 0. The van der Waals surface area contributed by atoms with Crippen molar-refractivity contribution in [3.05, 3.63) is 69.7 Å². The second-order valence-corrected chi connectivity index (χ2v) is 5.93. The lowest BCUT2D eigenvalue weighted by molar-refractivity contribution is -0.120. The van der Waals surface area contributed by atoms with Gasteiger partial charge in [-0.1, -0.05) is 47.5 Å². The fraction of sp³-hybridized carbons (Fsp3) is 0.235. The van der Waals surface area contributed by atoms with E-state index in [1.165, 1.54) is 0 Å². The maximum Gasteiger partial charge on any atom is 0.234 e. The molecule has 0 aliphatic heterocycles. The molecule has 0 saturated carbocycles. The molecule has 2 aromatic carbocycles. The van der Waals surface area contributed by atoms with E-state index in [9.17, 15) is 4.79 Å². The Bertz CT molecular complexity index is 612. The third-order valence-corrected chi connectivity index (χ3v) is 3.85. The van der Waals surface area contributed by atoms with E-state index in [2.05, 4.69) is 10.6 Å². The highest BCUT2D eigenvalue weighted by atomic mass is 35.5. The van der Waals surface area contributed by atoms with Gasteiger partial charge in [-0.25, -0.2) is 0 Å². The van der Waals surface area contributed by atoms with E-state index >= 15 is 0 Å². The van der Waals surface area contributed by atoms with Crippen molar-refractivity contribution < 1.29 is 4.79 Å². The van der Waals surface area contributed by atoms with Crippen molar-refractivity contribution in [2.45, 2.75) is 19.5 Å². The molecule has 0 saturated heterocycles. The topological polar surface area (TPSA) is 41.1 Å². The molecule has 0 bridgehead atoms. The minimum atomic E-state index is -0.0456. The molecule has 1 amide bonds. The Hall–Kier alpha value is -1.55. The van der Waals surface area contributed by atoms with Crippen LogP contribution in [0.1, 0.15) is 24.1 Å². The first kappa shape index (κ1) is 16.8. The lowest BCUT2D eigenvalue weighted by Gasteiger charge is -2.14. The minimum absolute atomic E-state index is 0.0456. The molecule has 0 heterocycles. The lowest BCUT2D eigenvalue weighted by atomic mass is 10.1. The van der Waals surface area contributed by atoms with E-state index in [4.69, 9.17) is 23.2 Å². The van der Waals surface area contributed by atoms with Crippen molar-refractivity contribution in [2.75, 3.05) is 6.54 Å². The number of rotatable bonds is 6. The molecule has 2 rings (SSSR count). The number of amides is 1. The Labute approximate surface area is 140 Å². The Kier molecular flexibility index (Phi) is 6.25. The van der Waals surface area contributed by atoms with Crippen molar-refractivity contribution in [1.29, 1.82) is 0 Å². The van der Waals surface area contributed by atoms with Crippen LogP contribution in [0.5, 0.6) is 0 Å². The maximum absolute atomic E-state index is 11.9. The molecule has 0 aliphatic rings. The van der Waals surface area contributed by atoms with Crippen LogP contribution in [0.15, 0.2) is 48.5 Å². The van der Waals surface area contributed by atoms with Gasteiger partial charge in [-0.05, 0) is 42.3 Å². The number of hydrogen-bond donors (Lipinski definition) is 2. The summed E-state index contributed by atoms with van der Waals surface area (Å²) in [4.78, 5) is 11.9. The van der Waals surface area contributed by atoms with Gasteiger partial charge in [-0.15, -0.1) is 0 Å². The Morgan fingerprint density at radius 3 is 2.14 bits per heavy atom. The summed E-state index contributed by atoms with van der Waals surface area (Å²) >= 11 is 11.7. The maximum atomic E-state index is 11.9. The summed E-state index contributed by atoms with van der Waals surface area (Å²) in [7, 11) is 0. The number of nitrogens with one attached hydrogen (secondary N) is 2. The van der Waals surface area contributed by atoms with Gasteiger partial charge in [-0.2, -0.15) is 0 Å². The quantitative estimate of drug-likeness (QED) is 0.838. The molecule has 2 aromatic rings. The summed E-state index contributed by atoms with van der Waals surface area (Å²) in [5.41, 5.74) is 2.11. The molecule has 5 heteroatoms. The summed E-state index contributed by atoms with van der Waals surface area (Å²) < 4.78 is 0. The highest BCUT2D eigenvalue weighted by Crippen LogP contribution is 2.15. The largest absolute Gasteiger partial charge is 0.351 e. The Balaban J connectivity index is 1.75. The van der Waals surface area contributed by atoms with Crippen LogP contribution >= 0.6 is 23.2 Å². The predicted octanol–water partition coefficient (Wildman–Crippen LogP) is 3.96. The van der Waals surface area contributed by atoms with E-state index in [1.807, 2.05) is 55.5 Å². The first-order valence-corrected chi connectivity index (χ1v) is 7.80. The van der Waals surface area contributed by atoms with E-state index in [0.29, 0.717) is 16.6 Å². The number of halogens is 2. The fourth-order valence-corrected chi connectivity index (χ4v) is 2.23. The number of benzene rings is 2. The summed E-state index contributed by atoms with van der Waals surface area (Å²) in [6, 6.07) is 15.1.